The van der Waals surface area contributed by atoms with Gasteiger partial charge in [0.25, 0.3) is 5.91 Å². The Balaban J connectivity index is 0.00000324. The number of hydrogen-bond donors (Lipinski definition) is 2. The van der Waals surface area contributed by atoms with Gasteiger partial charge in [0.05, 0.1) is 12.7 Å². The van der Waals surface area contributed by atoms with Gasteiger partial charge >= 0.3 is 0 Å². The molecule has 0 aromatic heterocycles. The Bertz CT molecular complexity index is 414. The van der Waals surface area contributed by atoms with E-state index in [1.54, 1.807) is 18.2 Å². The highest BCUT2D eigenvalue weighted by Crippen LogP contribution is 2.22. The summed E-state index contributed by atoms with van der Waals surface area (Å²) in [7, 11) is 1.52. The zero-order chi connectivity index (χ0) is 13.5. The maximum absolute atomic E-state index is 12.0. The third-order valence-electron chi connectivity index (χ3n) is 2.53. The van der Waals surface area contributed by atoms with Crippen molar-refractivity contribution in [3.8, 4) is 5.75 Å². The van der Waals surface area contributed by atoms with E-state index in [0.29, 0.717) is 22.9 Å². The Hall–Kier alpha value is -0.970. The summed E-state index contributed by atoms with van der Waals surface area (Å²) >= 11 is 5.85. The van der Waals surface area contributed by atoms with Gasteiger partial charge in [-0.25, -0.2) is 0 Å². The van der Waals surface area contributed by atoms with Crippen molar-refractivity contribution in [3.05, 3.63) is 28.8 Å². The van der Waals surface area contributed by atoms with E-state index < -0.39 is 0 Å². The number of ether oxygens (including phenoxy) is 1. The molecular formula is C13H20Cl2N2O2. The number of amides is 1. The van der Waals surface area contributed by atoms with Crippen LogP contribution in [0, 0.1) is 0 Å². The van der Waals surface area contributed by atoms with E-state index in [2.05, 4.69) is 10.6 Å². The van der Waals surface area contributed by atoms with E-state index in [1.807, 2.05) is 13.8 Å². The predicted molar refractivity (Wildman–Crippen MR) is 80.7 cm³/mol. The Kier molecular flexibility index (Phi) is 8.56. The molecule has 108 valence electrons. The van der Waals surface area contributed by atoms with Crippen LogP contribution < -0.4 is 15.4 Å². The molecular weight excluding hydrogens is 287 g/mol. The van der Waals surface area contributed by atoms with Crippen molar-refractivity contribution in [2.24, 2.45) is 0 Å². The second-order valence-corrected chi connectivity index (χ2v) is 4.45. The van der Waals surface area contributed by atoms with Crippen molar-refractivity contribution in [3.63, 3.8) is 0 Å². The van der Waals surface area contributed by atoms with Crippen molar-refractivity contribution < 1.29 is 9.53 Å². The van der Waals surface area contributed by atoms with Gasteiger partial charge in [0, 0.05) is 17.6 Å². The lowest BCUT2D eigenvalue weighted by Gasteiger charge is -2.14. The zero-order valence-electron chi connectivity index (χ0n) is 11.3. The number of halogens is 2. The number of methoxy groups -OCH3 is 1. The quantitative estimate of drug-likeness (QED) is 0.849. The molecule has 0 radical (unpaired) electrons. The first-order chi connectivity index (χ1) is 8.58. The SMILES string of the molecule is CCN[C@H](C)CNC(=O)c1ccc(Cl)cc1OC.Cl. The lowest BCUT2D eigenvalue weighted by atomic mass is 10.2. The van der Waals surface area contributed by atoms with E-state index >= 15 is 0 Å². The monoisotopic (exact) mass is 306 g/mol. The summed E-state index contributed by atoms with van der Waals surface area (Å²) in [4.78, 5) is 12.0. The first-order valence-corrected chi connectivity index (χ1v) is 6.31. The highest BCUT2D eigenvalue weighted by molar-refractivity contribution is 6.30. The largest absolute Gasteiger partial charge is 0.496 e. The van der Waals surface area contributed by atoms with Crippen LogP contribution in [0.2, 0.25) is 5.02 Å². The molecule has 1 atom stereocenters. The average Bonchev–Trinajstić information content (AvgIpc) is 2.36. The van der Waals surface area contributed by atoms with Crippen molar-refractivity contribution >= 4 is 29.9 Å². The fourth-order valence-electron chi connectivity index (χ4n) is 1.61. The number of benzene rings is 1. The number of rotatable bonds is 6. The van der Waals surface area contributed by atoms with Crippen molar-refractivity contribution in [2.75, 3.05) is 20.2 Å². The molecule has 0 bridgehead atoms. The molecule has 0 saturated carbocycles. The summed E-state index contributed by atoms with van der Waals surface area (Å²) < 4.78 is 5.14. The zero-order valence-corrected chi connectivity index (χ0v) is 12.9. The van der Waals surface area contributed by atoms with Gasteiger partial charge in [-0.2, -0.15) is 0 Å². The Morgan fingerprint density at radius 2 is 2.16 bits per heavy atom. The number of nitrogens with one attached hydrogen (secondary N) is 2. The highest BCUT2D eigenvalue weighted by atomic mass is 35.5. The molecule has 1 amide bonds. The van der Waals surface area contributed by atoms with E-state index in [1.165, 1.54) is 7.11 Å². The number of likely N-dealkylation sites (N-methyl/N-ethyl adjacent to an activating group) is 1. The van der Waals surface area contributed by atoms with Gasteiger partial charge < -0.3 is 15.4 Å². The van der Waals surface area contributed by atoms with Crippen LogP contribution in [0.4, 0.5) is 0 Å². The standard InChI is InChI=1S/C13H19ClN2O2.ClH/c1-4-15-9(2)8-16-13(17)11-6-5-10(14)7-12(11)18-3;/h5-7,9,15H,4,8H2,1-3H3,(H,16,17);1H/t9-;/m1./s1. The fourth-order valence-corrected chi connectivity index (χ4v) is 1.78. The van der Waals surface area contributed by atoms with Crippen molar-refractivity contribution in [2.45, 2.75) is 19.9 Å². The maximum Gasteiger partial charge on any atom is 0.255 e. The average molecular weight is 307 g/mol. The maximum atomic E-state index is 12.0. The van der Waals surface area contributed by atoms with Crippen LogP contribution in [0.3, 0.4) is 0 Å². The Labute approximate surface area is 125 Å². The highest BCUT2D eigenvalue weighted by Gasteiger charge is 2.13. The fraction of sp³-hybridized carbons (Fsp3) is 0.462. The van der Waals surface area contributed by atoms with Gasteiger partial charge in [-0.15, -0.1) is 12.4 Å². The van der Waals surface area contributed by atoms with E-state index in [9.17, 15) is 4.79 Å². The number of carbonyl (C=O) groups is 1. The molecule has 0 saturated heterocycles. The molecule has 19 heavy (non-hydrogen) atoms. The van der Waals surface area contributed by atoms with E-state index in [-0.39, 0.29) is 24.4 Å². The molecule has 6 heteroatoms. The van der Waals surface area contributed by atoms with E-state index in [4.69, 9.17) is 16.3 Å². The van der Waals surface area contributed by atoms with Crippen molar-refractivity contribution in [1.29, 1.82) is 0 Å². The molecule has 0 heterocycles. The summed E-state index contributed by atoms with van der Waals surface area (Å²) in [6.45, 7) is 5.49. The van der Waals surface area contributed by atoms with Crippen LogP contribution in [0.5, 0.6) is 5.75 Å². The van der Waals surface area contributed by atoms with Gasteiger partial charge in [-0.05, 0) is 31.7 Å². The van der Waals surface area contributed by atoms with Gasteiger partial charge in [0.2, 0.25) is 0 Å². The minimum atomic E-state index is -0.159. The summed E-state index contributed by atoms with van der Waals surface area (Å²) in [6.07, 6.45) is 0. The molecule has 0 fully saturated rings. The van der Waals surface area contributed by atoms with Gasteiger partial charge in [-0.3, -0.25) is 4.79 Å². The first kappa shape index (κ1) is 18.0. The normalized spacial score (nSPS) is 11.4. The van der Waals surface area contributed by atoms with Crippen LogP contribution in [0.1, 0.15) is 24.2 Å². The molecule has 1 rings (SSSR count). The molecule has 0 spiro atoms. The lowest BCUT2D eigenvalue weighted by Crippen LogP contribution is -2.38. The molecule has 0 aliphatic heterocycles. The molecule has 0 aliphatic rings. The lowest BCUT2D eigenvalue weighted by molar-refractivity contribution is 0.0947. The van der Waals surface area contributed by atoms with Crippen LogP contribution in [-0.4, -0.2) is 32.1 Å². The second-order valence-electron chi connectivity index (χ2n) is 4.01. The van der Waals surface area contributed by atoms with E-state index in [0.717, 1.165) is 6.54 Å². The molecule has 1 aromatic carbocycles. The van der Waals surface area contributed by atoms with Gasteiger partial charge in [-0.1, -0.05) is 18.5 Å². The van der Waals surface area contributed by atoms with Gasteiger partial charge in [0.15, 0.2) is 0 Å². The van der Waals surface area contributed by atoms with Gasteiger partial charge in [0.1, 0.15) is 5.75 Å². The van der Waals surface area contributed by atoms with Crippen LogP contribution >= 0.6 is 24.0 Å². The predicted octanol–water partition coefficient (Wildman–Crippen LogP) is 2.50. The molecule has 0 unspecified atom stereocenters. The minimum absolute atomic E-state index is 0. The van der Waals surface area contributed by atoms with Crippen LogP contribution in [0.25, 0.3) is 0 Å². The summed E-state index contributed by atoms with van der Waals surface area (Å²) in [6, 6.07) is 5.20. The minimum Gasteiger partial charge on any atom is -0.496 e. The summed E-state index contributed by atoms with van der Waals surface area (Å²) in [5, 5.41) is 6.62. The summed E-state index contributed by atoms with van der Waals surface area (Å²) in [5.41, 5.74) is 0.491. The number of carbonyl (C=O) groups excluding carboxylic acids is 1. The van der Waals surface area contributed by atoms with Crippen LogP contribution in [0.15, 0.2) is 18.2 Å². The third-order valence-corrected chi connectivity index (χ3v) is 2.76. The third kappa shape index (κ3) is 5.68. The topological polar surface area (TPSA) is 50.4 Å². The molecule has 0 aliphatic carbocycles. The Morgan fingerprint density at radius 1 is 1.47 bits per heavy atom. The smallest absolute Gasteiger partial charge is 0.255 e. The number of hydrogen-bond acceptors (Lipinski definition) is 3. The van der Waals surface area contributed by atoms with Crippen molar-refractivity contribution in [1.82, 2.24) is 10.6 Å². The van der Waals surface area contributed by atoms with Crippen LogP contribution in [-0.2, 0) is 0 Å². The second kappa shape index (κ2) is 9.02. The first-order valence-electron chi connectivity index (χ1n) is 5.93. The summed E-state index contributed by atoms with van der Waals surface area (Å²) in [5.74, 6) is 0.323. The molecule has 4 nitrogen and oxygen atoms in total. The molecule has 1 aromatic rings. The Morgan fingerprint density at radius 3 is 2.74 bits per heavy atom. The molecule has 2 N–H and O–H groups in total.